The third kappa shape index (κ3) is 5.39. The average molecular weight is 405 g/mol. The fourth-order valence-electron chi connectivity index (χ4n) is 2.71. The van der Waals surface area contributed by atoms with E-state index in [0.29, 0.717) is 12.1 Å². The maximum absolute atomic E-state index is 12.6. The van der Waals surface area contributed by atoms with Crippen LogP contribution in [0.15, 0.2) is 36.4 Å². The molecule has 0 radical (unpaired) electrons. The maximum atomic E-state index is 12.6. The number of ether oxygens (including phenoxy) is 2. The van der Waals surface area contributed by atoms with Crippen molar-refractivity contribution in [1.82, 2.24) is 5.32 Å². The molecular formula is C21H25ClN2O4. The van der Waals surface area contributed by atoms with Crippen LogP contribution in [0.3, 0.4) is 0 Å². The molecule has 0 aliphatic carbocycles. The summed E-state index contributed by atoms with van der Waals surface area (Å²) in [4.78, 5) is 23.6. The van der Waals surface area contributed by atoms with Crippen LogP contribution in [0, 0.1) is 6.92 Å². The standard InChI is InChI=1S/C21H25ClN2O4/c1-13-6-5-7-15(8-13)21(2,3)12-24-20(26)14-9-16(22)19(17(10-14)27-4)28-11-18(23)25/h5-10H,11-12H2,1-4H3,(H2,23,25)(H,24,26). The van der Waals surface area contributed by atoms with Gasteiger partial charge in [-0.25, -0.2) is 0 Å². The molecule has 0 bridgehead atoms. The molecule has 0 fully saturated rings. The summed E-state index contributed by atoms with van der Waals surface area (Å²) in [5, 5.41) is 3.09. The highest BCUT2D eigenvalue weighted by Crippen LogP contribution is 2.36. The zero-order chi connectivity index (χ0) is 20.9. The van der Waals surface area contributed by atoms with Crippen LogP contribution in [0.2, 0.25) is 5.02 Å². The van der Waals surface area contributed by atoms with Gasteiger partial charge >= 0.3 is 0 Å². The van der Waals surface area contributed by atoms with Crippen LogP contribution in [0.25, 0.3) is 0 Å². The van der Waals surface area contributed by atoms with Gasteiger partial charge in [-0.3, -0.25) is 9.59 Å². The minimum atomic E-state index is -0.640. The first-order valence-electron chi connectivity index (χ1n) is 8.78. The number of rotatable bonds is 8. The van der Waals surface area contributed by atoms with Crippen molar-refractivity contribution in [3.8, 4) is 11.5 Å². The molecule has 0 heterocycles. The molecule has 2 aromatic rings. The zero-order valence-corrected chi connectivity index (χ0v) is 17.2. The Balaban J connectivity index is 2.15. The lowest BCUT2D eigenvalue weighted by Crippen LogP contribution is -2.36. The number of aryl methyl sites for hydroxylation is 1. The topological polar surface area (TPSA) is 90.7 Å². The smallest absolute Gasteiger partial charge is 0.255 e. The summed E-state index contributed by atoms with van der Waals surface area (Å²) in [6.45, 7) is 6.27. The second-order valence-corrected chi connectivity index (χ2v) is 7.59. The van der Waals surface area contributed by atoms with Crippen molar-refractivity contribution >= 4 is 23.4 Å². The Morgan fingerprint density at radius 2 is 1.93 bits per heavy atom. The van der Waals surface area contributed by atoms with Gasteiger partial charge in [0.2, 0.25) is 0 Å². The van der Waals surface area contributed by atoms with Crippen LogP contribution >= 0.6 is 11.6 Å². The minimum Gasteiger partial charge on any atom is -0.493 e. The first-order valence-corrected chi connectivity index (χ1v) is 9.16. The van der Waals surface area contributed by atoms with E-state index in [1.165, 1.54) is 24.8 Å². The molecule has 7 heteroatoms. The lowest BCUT2D eigenvalue weighted by molar-refractivity contribution is -0.119. The Kier molecular flexibility index (Phi) is 6.91. The molecule has 0 aliphatic rings. The van der Waals surface area contributed by atoms with Gasteiger partial charge in [-0.05, 0) is 24.6 Å². The molecule has 0 unspecified atom stereocenters. The van der Waals surface area contributed by atoms with Gasteiger partial charge in [-0.1, -0.05) is 55.3 Å². The first kappa shape index (κ1) is 21.6. The summed E-state index contributed by atoms with van der Waals surface area (Å²) in [5.41, 5.74) is 7.47. The second kappa shape index (κ2) is 8.97. The molecule has 0 saturated carbocycles. The maximum Gasteiger partial charge on any atom is 0.255 e. The molecule has 150 valence electrons. The fraction of sp³-hybridized carbons (Fsp3) is 0.333. The number of amides is 2. The molecule has 6 nitrogen and oxygen atoms in total. The minimum absolute atomic E-state index is 0.156. The van der Waals surface area contributed by atoms with E-state index in [-0.39, 0.29) is 34.5 Å². The number of nitrogens with two attached hydrogens (primary N) is 1. The van der Waals surface area contributed by atoms with Gasteiger partial charge in [-0.2, -0.15) is 0 Å². The SMILES string of the molecule is COc1cc(C(=O)NCC(C)(C)c2cccc(C)c2)cc(Cl)c1OCC(N)=O. The molecular weight excluding hydrogens is 380 g/mol. The molecule has 0 aliphatic heterocycles. The third-order valence-corrected chi connectivity index (χ3v) is 4.62. The van der Waals surface area contributed by atoms with Gasteiger partial charge < -0.3 is 20.5 Å². The predicted octanol–water partition coefficient (Wildman–Crippen LogP) is 3.23. The van der Waals surface area contributed by atoms with Gasteiger partial charge in [0.1, 0.15) is 0 Å². The lowest BCUT2D eigenvalue weighted by atomic mass is 9.84. The normalized spacial score (nSPS) is 11.0. The van der Waals surface area contributed by atoms with Crippen molar-refractivity contribution < 1.29 is 19.1 Å². The Hall–Kier alpha value is -2.73. The molecule has 2 aromatic carbocycles. The summed E-state index contributed by atoms with van der Waals surface area (Å²) >= 11 is 6.21. The van der Waals surface area contributed by atoms with Crippen LogP contribution in [0.5, 0.6) is 11.5 Å². The predicted molar refractivity (Wildman–Crippen MR) is 109 cm³/mol. The Morgan fingerprint density at radius 1 is 1.21 bits per heavy atom. The van der Waals surface area contributed by atoms with Gasteiger partial charge in [0.05, 0.1) is 12.1 Å². The van der Waals surface area contributed by atoms with E-state index in [1.54, 1.807) is 0 Å². The van der Waals surface area contributed by atoms with Crippen LogP contribution in [0.1, 0.15) is 35.3 Å². The Labute approximate surface area is 170 Å². The van der Waals surface area contributed by atoms with Crippen molar-refractivity contribution in [2.45, 2.75) is 26.2 Å². The van der Waals surface area contributed by atoms with E-state index in [2.05, 4.69) is 25.2 Å². The first-order chi connectivity index (χ1) is 13.1. The van der Waals surface area contributed by atoms with Crippen LogP contribution in [-0.2, 0) is 10.2 Å². The molecule has 2 rings (SSSR count). The number of carbonyl (C=O) groups excluding carboxylic acids is 2. The van der Waals surface area contributed by atoms with Gasteiger partial charge in [0, 0.05) is 17.5 Å². The molecule has 0 spiro atoms. The van der Waals surface area contributed by atoms with Crippen molar-refractivity contribution in [1.29, 1.82) is 0 Å². The highest BCUT2D eigenvalue weighted by atomic mass is 35.5. The summed E-state index contributed by atoms with van der Waals surface area (Å²) < 4.78 is 10.5. The molecule has 28 heavy (non-hydrogen) atoms. The molecule has 0 saturated heterocycles. The van der Waals surface area contributed by atoms with E-state index < -0.39 is 5.91 Å². The summed E-state index contributed by atoms with van der Waals surface area (Å²) in [6.07, 6.45) is 0. The highest BCUT2D eigenvalue weighted by molar-refractivity contribution is 6.32. The van der Waals surface area contributed by atoms with Crippen LogP contribution in [0.4, 0.5) is 0 Å². The number of benzene rings is 2. The van der Waals surface area contributed by atoms with E-state index in [1.807, 2.05) is 25.1 Å². The Morgan fingerprint density at radius 3 is 2.54 bits per heavy atom. The second-order valence-electron chi connectivity index (χ2n) is 7.18. The number of halogens is 1. The summed E-state index contributed by atoms with van der Waals surface area (Å²) in [5.74, 6) is -0.517. The molecule has 0 aromatic heterocycles. The zero-order valence-electron chi connectivity index (χ0n) is 16.5. The van der Waals surface area contributed by atoms with Crippen LogP contribution < -0.4 is 20.5 Å². The highest BCUT2D eigenvalue weighted by Gasteiger charge is 2.23. The Bertz CT molecular complexity index is 881. The van der Waals surface area contributed by atoms with Crippen molar-refractivity contribution in [3.05, 3.63) is 58.1 Å². The van der Waals surface area contributed by atoms with E-state index in [9.17, 15) is 9.59 Å². The van der Waals surface area contributed by atoms with Crippen molar-refractivity contribution in [3.63, 3.8) is 0 Å². The molecule has 2 amide bonds. The number of primary amides is 1. The van der Waals surface area contributed by atoms with Crippen molar-refractivity contribution in [2.24, 2.45) is 5.73 Å². The average Bonchev–Trinajstić information content (AvgIpc) is 2.64. The quantitative estimate of drug-likeness (QED) is 0.706. The monoisotopic (exact) mass is 404 g/mol. The summed E-state index contributed by atoms with van der Waals surface area (Å²) in [7, 11) is 1.42. The van der Waals surface area contributed by atoms with Crippen molar-refractivity contribution in [2.75, 3.05) is 20.3 Å². The number of hydrogen-bond donors (Lipinski definition) is 2. The third-order valence-electron chi connectivity index (χ3n) is 4.34. The van der Waals surface area contributed by atoms with Gasteiger partial charge in [-0.15, -0.1) is 0 Å². The summed E-state index contributed by atoms with van der Waals surface area (Å²) in [6, 6.07) is 11.2. The van der Waals surface area contributed by atoms with Crippen LogP contribution in [-0.4, -0.2) is 32.1 Å². The van der Waals surface area contributed by atoms with Gasteiger partial charge in [0.15, 0.2) is 18.1 Å². The molecule has 3 N–H and O–H groups in total. The number of methoxy groups -OCH3 is 1. The molecule has 0 atom stereocenters. The number of hydrogen-bond acceptors (Lipinski definition) is 4. The largest absolute Gasteiger partial charge is 0.493 e. The van der Waals surface area contributed by atoms with E-state index in [4.69, 9.17) is 26.8 Å². The number of carbonyl (C=O) groups is 2. The van der Waals surface area contributed by atoms with E-state index in [0.717, 1.165) is 5.56 Å². The van der Waals surface area contributed by atoms with E-state index >= 15 is 0 Å². The van der Waals surface area contributed by atoms with Gasteiger partial charge in [0.25, 0.3) is 11.8 Å². The lowest BCUT2D eigenvalue weighted by Gasteiger charge is -2.26. The fourth-order valence-corrected chi connectivity index (χ4v) is 2.97. The number of nitrogens with one attached hydrogen (secondary N) is 1.